The third-order valence-corrected chi connectivity index (χ3v) is 3.84. The second-order valence-electron chi connectivity index (χ2n) is 5.62. The lowest BCUT2D eigenvalue weighted by Crippen LogP contribution is -2.54. The van der Waals surface area contributed by atoms with Crippen LogP contribution in [0.3, 0.4) is 0 Å². The Balaban J connectivity index is 1.71. The molecule has 2 fully saturated rings. The van der Waals surface area contributed by atoms with Crippen molar-refractivity contribution in [3.63, 3.8) is 0 Å². The molecule has 2 aliphatic rings. The van der Waals surface area contributed by atoms with E-state index in [0.29, 0.717) is 25.8 Å². The molecule has 1 aliphatic heterocycles. The minimum absolute atomic E-state index is 0.0540. The van der Waals surface area contributed by atoms with E-state index in [1.807, 2.05) is 30.3 Å². The topological polar surface area (TPSA) is 66.5 Å². The highest BCUT2D eigenvalue weighted by atomic mass is 16.5. The number of aromatic nitrogens is 1. The summed E-state index contributed by atoms with van der Waals surface area (Å²) in [6, 6.07) is 4.12. The Hall–Kier alpha value is -1.66. The molecule has 2 N–H and O–H groups in total. The van der Waals surface area contributed by atoms with E-state index in [1.165, 1.54) is 0 Å². The Kier molecular flexibility index (Phi) is 4.36. The quantitative estimate of drug-likeness (QED) is 0.816. The summed E-state index contributed by atoms with van der Waals surface area (Å²) in [7, 11) is 1.91. The Bertz CT molecular complexity index is 487. The molecule has 1 saturated carbocycles. The molecule has 1 aromatic heterocycles. The van der Waals surface area contributed by atoms with Crippen molar-refractivity contribution in [3.05, 3.63) is 23.9 Å². The van der Waals surface area contributed by atoms with Crippen LogP contribution in [0.15, 0.2) is 18.3 Å². The molecule has 1 aromatic rings. The smallest absolute Gasteiger partial charge is 0.245 e. The van der Waals surface area contributed by atoms with Crippen molar-refractivity contribution >= 4 is 11.7 Å². The van der Waals surface area contributed by atoms with E-state index in [9.17, 15) is 4.79 Å². The van der Waals surface area contributed by atoms with Gasteiger partial charge in [0.25, 0.3) is 0 Å². The van der Waals surface area contributed by atoms with Gasteiger partial charge in [0, 0.05) is 25.3 Å². The molecule has 6 heteroatoms. The van der Waals surface area contributed by atoms with Crippen molar-refractivity contribution in [2.75, 3.05) is 31.7 Å². The van der Waals surface area contributed by atoms with Gasteiger partial charge in [0.15, 0.2) is 0 Å². The number of hydrogen-bond acceptors (Lipinski definition) is 5. The van der Waals surface area contributed by atoms with Crippen molar-refractivity contribution < 1.29 is 9.53 Å². The van der Waals surface area contributed by atoms with Gasteiger partial charge in [-0.25, -0.2) is 4.98 Å². The van der Waals surface area contributed by atoms with Crippen molar-refractivity contribution in [3.8, 4) is 0 Å². The summed E-state index contributed by atoms with van der Waals surface area (Å²) < 4.78 is 5.48. The first-order valence-corrected chi connectivity index (χ1v) is 7.52. The van der Waals surface area contributed by atoms with Crippen LogP contribution in [0.25, 0.3) is 0 Å². The zero-order valence-corrected chi connectivity index (χ0v) is 12.3. The van der Waals surface area contributed by atoms with Gasteiger partial charge in [-0.05, 0) is 31.5 Å². The minimum atomic E-state index is -0.276. The number of nitrogens with zero attached hydrogens (tertiary/aromatic N) is 2. The SMILES string of the molecule is CNCc1ccc(N2CCOCC2C(=O)NC2CC2)nc1. The standard InChI is InChI=1S/C15H22N4O2/c1-16-8-11-2-5-14(17-9-11)19-6-7-21-10-13(19)15(20)18-12-3-4-12/h2,5,9,12-13,16H,3-4,6-8,10H2,1H3,(H,18,20). The van der Waals surface area contributed by atoms with Crippen LogP contribution >= 0.6 is 0 Å². The molecule has 0 aromatic carbocycles. The number of carbonyl (C=O) groups excluding carboxylic acids is 1. The number of ether oxygens (including phenoxy) is 1. The minimum Gasteiger partial charge on any atom is -0.377 e. The van der Waals surface area contributed by atoms with Crippen LogP contribution in [0, 0.1) is 0 Å². The number of hydrogen-bond donors (Lipinski definition) is 2. The molecule has 6 nitrogen and oxygen atoms in total. The van der Waals surface area contributed by atoms with Gasteiger partial charge in [-0.2, -0.15) is 0 Å². The number of pyridine rings is 1. The predicted molar refractivity (Wildman–Crippen MR) is 80.1 cm³/mol. The highest BCUT2D eigenvalue weighted by Crippen LogP contribution is 2.21. The molecule has 0 bridgehead atoms. The maximum Gasteiger partial charge on any atom is 0.245 e. The molecule has 1 atom stereocenters. The van der Waals surface area contributed by atoms with E-state index < -0.39 is 0 Å². The van der Waals surface area contributed by atoms with Crippen LogP contribution in [0.4, 0.5) is 5.82 Å². The Morgan fingerprint density at radius 3 is 3.00 bits per heavy atom. The lowest BCUT2D eigenvalue weighted by atomic mass is 10.2. The van der Waals surface area contributed by atoms with Gasteiger partial charge in [-0.1, -0.05) is 6.07 Å². The molecule has 1 unspecified atom stereocenters. The summed E-state index contributed by atoms with van der Waals surface area (Å²) in [6.07, 6.45) is 4.05. The van der Waals surface area contributed by atoms with Crippen molar-refractivity contribution in [2.45, 2.75) is 31.5 Å². The predicted octanol–water partition coefficient (Wildman–Crippen LogP) is 0.285. The van der Waals surface area contributed by atoms with Crippen LogP contribution in [0.5, 0.6) is 0 Å². The van der Waals surface area contributed by atoms with E-state index in [4.69, 9.17) is 4.74 Å². The lowest BCUT2D eigenvalue weighted by molar-refractivity contribution is -0.124. The summed E-state index contributed by atoms with van der Waals surface area (Å²) in [5, 5.41) is 6.16. The lowest BCUT2D eigenvalue weighted by Gasteiger charge is -2.35. The fourth-order valence-electron chi connectivity index (χ4n) is 2.52. The van der Waals surface area contributed by atoms with Gasteiger partial charge in [-0.3, -0.25) is 4.79 Å². The molecule has 3 rings (SSSR count). The van der Waals surface area contributed by atoms with Crippen LogP contribution in [-0.4, -0.2) is 49.8 Å². The van der Waals surface area contributed by atoms with E-state index in [-0.39, 0.29) is 11.9 Å². The van der Waals surface area contributed by atoms with Gasteiger partial charge in [0.05, 0.1) is 13.2 Å². The summed E-state index contributed by atoms with van der Waals surface area (Å²) in [6.45, 7) is 2.55. The first-order valence-electron chi connectivity index (χ1n) is 7.52. The molecule has 2 heterocycles. The molecule has 1 aliphatic carbocycles. The summed E-state index contributed by atoms with van der Waals surface area (Å²) in [5.41, 5.74) is 1.13. The van der Waals surface area contributed by atoms with Crippen LogP contribution < -0.4 is 15.5 Å². The van der Waals surface area contributed by atoms with E-state index in [1.54, 1.807) is 0 Å². The zero-order valence-electron chi connectivity index (χ0n) is 12.3. The average Bonchev–Trinajstić information content (AvgIpc) is 3.32. The molecule has 114 valence electrons. The number of nitrogens with one attached hydrogen (secondary N) is 2. The van der Waals surface area contributed by atoms with Crippen molar-refractivity contribution in [2.24, 2.45) is 0 Å². The monoisotopic (exact) mass is 290 g/mol. The van der Waals surface area contributed by atoms with Crippen LogP contribution in [0.1, 0.15) is 18.4 Å². The van der Waals surface area contributed by atoms with E-state index in [0.717, 1.165) is 30.8 Å². The summed E-state index contributed by atoms with van der Waals surface area (Å²) >= 11 is 0. The summed E-state index contributed by atoms with van der Waals surface area (Å²) in [5.74, 6) is 0.896. The first kappa shape index (κ1) is 14.3. The molecular weight excluding hydrogens is 268 g/mol. The largest absolute Gasteiger partial charge is 0.377 e. The highest BCUT2D eigenvalue weighted by Gasteiger charge is 2.33. The van der Waals surface area contributed by atoms with Crippen LogP contribution in [0.2, 0.25) is 0 Å². The third-order valence-electron chi connectivity index (χ3n) is 3.84. The van der Waals surface area contributed by atoms with Gasteiger partial charge in [-0.15, -0.1) is 0 Å². The normalized spacial score (nSPS) is 22.1. The molecule has 0 spiro atoms. The molecule has 1 saturated heterocycles. The first-order chi connectivity index (χ1) is 10.3. The summed E-state index contributed by atoms with van der Waals surface area (Å²) in [4.78, 5) is 18.9. The Morgan fingerprint density at radius 2 is 2.33 bits per heavy atom. The number of amides is 1. The second-order valence-corrected chi connectivity index (χ2v) is 5.62. The van der Waals surface area contributed by atoms with Gasteiger partial charge in [0.2, 0.25) is 5.91 Å². The third kappa shape index (κ3) is 3.51. The fraction of sp³-hybridized carbons (Fsp3) is 0.600. The van der Waals surface area contributed by atoms with Crippen molar-refractivity contribution in [1.29, 1.82) is 0 Å². The number of carbonyl (C=O) groups is 1. The second kappa shape index (κ2) is 6.41. The highest BCUT2D eigenvalue weighted by molar-refractivity contribution is 5.85. The van der Waals surface area contributed by atoms with Gasteiger partial charge < -0.3 is 20.3 Å². The molecule has 21 heavy (non-hydrogen) atoms. The molecular formula is C15H22N4O2. The van der Waals surface area contributed by atoms with Crippen LogP contribution in [-0.2, 0) is 16.1 Å². The molecule has 1 amide bonds. The maximum absolute atomic E-state index is 12.3. The van der Waals surface area contributed by atoms with Gasteiger partial charge in [0.1, 0.15) is 11.9 Å². The molecule has 0 radical (unpaired) electrons. The number of rotatable bonds is 5. The number of morpholine rings is 1. The average molecular weight is 290 g/mol. The fourth-order valence-corrected chi connectivity index (χ4v) is 2.52. The van der Waals surface area contributed by atoms with Gasteiger partial charge >= 0.3 is 0 Å². The zero-order chi connectivity index (χ0) is 14.7. The maximum atomic E-state index is 12.3. The Labute approximate surface area is 124 Å². The van der Waals surface area contributed by atoms with Crippen molar-refractivity contribution in [1.82, 2.24) is 15.6 Å². The van der Waals surface area contributed by atoms with E-state index >= 15 is 0 Å². The Morgan fingerprint density at radius 1 is 1.48 bits per heavy atom. The van der Waals surface area contributed by atoms with E-state index in [2.05, 4.69) is 15.6 Å². The number of anilines is 1.